The number of amides is 1. The summed E-state index contributed by atoms with van der Waals surface area (Å²) in [5.41, 5.74) is -0.694. The molecule has 0 aromatic rings. The van der Waals surface area contributed by atoms with Crippen LogP contribution < -0.4 is 5.32 Å². The van der Waals surface area contributed by atoms with Crippen molar-refractivity contribution in [2.75, 3.05) is 13.4 Å². The van der Waals surface area contributed by atoms with E-state index in [0.29, 0.717) is 0 Å². The van der Waals surface area contributed by atoms with E-state index in [1.807, 2.05) is 0 Å². The van der Waals surface area contributed by atoms with Crippen LogP contribution in [0.2, 0.25) is 0 Å². The highest BCUT2D eigenvalue weighted by Crippen LogP contribution is 2.08. The van der Waals surface area contributed by atoms with Crippen LogP contribution in [0.1, 0.15) is 27.2 Å². The molecule has 116 valence electrons. The number of carbonyl (C=O) groups excluding carboxylic acids is 2. The fraction of sp³-hybridized carbons (Fsp3) is 0.667. The third-order valence-corrected chi connectivity index (χ3v) is 2.53. The van der Waals surface area contributed by atoms with Gasteiger partial charge in [-0.2, -0.15) is 0 Å². The fourth-order valence-electron chi connectivity index (χ4n) is 1.13. The Morgan fingerprint density at radius 3 is 2.25 bits per heavy atom. The van der Waals surface area contributed by atoms with Gasteiger partial charge in [-0.1, -0.05) is 6.08 Å². The van der Waals surface area contributed by atoms with Crippen LogP contribution in [0.15, 0.2) is 11.5 Å². The van der Waals surface area contributed by atoms with E-state index in [-0.39, 0.29) is 6.42 Å². The Morgan fingerprint density at radius 2 is 1.85 bits per heavy atom. The predicted octanol–water partition coefficient (Wildman–Crippen LogP) is 1.00. The summed E-state index contributed by atoms with van der Waals surface area (Å²) in [6.07, 6.45) is 1.27. The van der Waals surface area contributed by atoms with Crippen molar-refractivity contribution in [1.29, 1.82) is 0 Å². The van der Waals surface area contributed by atoms with Crippen molar-refractivity contribution in [3.63, 3.8) is 0 Å². The largest absolute Gasteiger partial charge is 0.469 e. The van der Waals surface area contributed by atoms with Crippen molar-refractivity contribution in [3.8, 4) is 0 Å². The van der Waals surface area contributed by atoms with Gasteiger partial charge in [-0.05, 0) is 20.8 Å². The van der Waals surface area contributed by atoms with Crippen LogP contribution in [0, 0.1) is 0 Å². The van der Waals surface area contributed by atoms with Gasteiger partial charge in [-0.15, -0.1) is 0 Å². The Balaban J connectivity index is 4.82. The first kappa shape index (κ1) is 18.4. The molecule has 0 aromatic heterocycles. The minimum absolute atomic E-state index is 0.193. The average Bonchev–Trinajstić information content (AvgIpc) is 2.21. The van der Waals surface area contributed by atoms with Gasteiger partial charge < -0.3 is 14.8 Å². The van der Waals surface area contributed by atoms with E-state index < -0.39 is 33.5 Å². The molecule has 0 aliphatic rings. The Morgan fingerprint density at radius 1 is 1.30 bits per heavy atom. The molecule has 0 aromatic carbocycles. The van der Waals surface area contributed by atoms with Gasteiger partial charge in [0.1, 0.15) is 5.60 Å². The maximum Gasteiger partial charge on any atom is 0.408 e. The van der Waals surface area contributed by atoms with Gasteiger partial charge in [0.15, 0.2) is 9.84 Å². The highest BCUT2D eigenvalue weighted by atomic mass is 32.2. The van der Waals surface area contributed by atoms with Gasteiger partial charge in [0, 0.05) is 11.7 Å². The summed E-state index contributed by atoms with van der Waals surface area (Å²) in [6.45, 7) is 5.07. The molecular weight excluding hydrogens is 286 g/mol. The lowest BCUT2D eigenvalue weighted by Crippen LogP contribution is -2.39. The molecule has 0 saturated heterocycles. The normalized spacial score (nSPS) is 13.8. The summed E-state index contributed by atoms with van der Waals surface area (Å²) in [5, 5.41) is 3.31. The van der Waals surface area contributed by atoms with Crippen LogP contribution in [0.4, 0.5) is 4.79 Å². The number of esters is 1. The van der Waals surface area contributed by atoms with Gasteiger partial charge in [0.05, 0.1) is 19.6 Å². The highest BCUT2D eigenvalue weighted by molar-refractivity contribution is 7.93. The summed E-state index contributed by atoms with van der Waals surface area (Å²) in [4.78, 5) is 22.8. The third-order valence-electron chi connectivity index (χ3n) is 1.87. The van der Waals surface area contributed by atoms with Crippen molar-refractivity contribution in [2.45, 2.75) is 38.8 Å². The number of hydrogen-bond donors (Lipinski definition) is 1. The molecule has 1 N–H and O–H groups in total. The SMILES string of the molecule is COC(=O)C[C@@H](/C=C/S(C)(=O)=O)NC(=O)OC(C)(C)C. The number of hydrogen-bond acceptors (Lipinski definition) is 6. The summed E-state index contributed by atoms with van der Waals surface area (Å²) >= 11 is 0. The number of nitrogens with one attached hydrogen (secondary N) is 1. The second kappa shape index (κ2) is 7.28. The maximum atomic E-state index is 11.6. The summed E-state index contributed by atoms with van der Waals surface area (Å²) in [7, 11) is -2.16. The first-order valence-electron chi connectivity index (χ1n) is 5.87. The average molecular weight is 307 g/mol. The van der Waals surface area contributed by atoms with Crippen molar-refractivity contribution < 1.29 is 27.5 Å². The number of rotatable bonds is 5. The fourth-order valence-corrected chi connectivity index (χ4v) is 1.60. The zero-order chi connectivity index (χ0) is 16.0. The monoisotopic (exact) mass is 307 g/mol. The van der Waals surface area contributed by atoms with Crippen molar-refractivity contribution in [3.05, 3.63) is 11.5 Å². The number of ether oxygens (including phenoxy) is 2. The lowest BCUT2D eigenvalue weighted by Gasteiger charge is -2.21. The lowest BCUT2D eigenvalue weighted by atomic mass is 10.2. The summed E-state index contributed by atoms with van der Waals surface area (Å²) < 4.78 is 31.6. The maximum absolute atomic E-state index is 11.6. The smallest absolute Gasteiger partial charge is 0.408 e. The van der Waals surface area contributed by atoms with Crippen LogP contribution in [0.5, 0.6) is 0 Å². The van der Waals surface area contributed by atoms with Crippen molar-refractivity contribution >= 4 is 21.9 Å². The van der Waals surface area contributed by atoms with E-state index in [9.17, 15) is 18.0 Å². The molecule has 0 radical (unpaired) electrons. The molecule has 20 heavy (non-hydrogen) atoms. The van der Waals surface area contributed by atoms with E-state index in [0.717, 1.165) is 11.7 Å². The molecule has 8 heteroatoms. The number of sulfone groups is 1. The minimum Gasteiger partial charge on any atom is -0.469 e. The molecule has 0 heterocycles. The number of carbonyl (C=O) groups is 2. The molecule has 0 spiro atoms. The van der Waals surface area contributed by atoms with Crippen molar-refractivity contribution in [1.82, 2.24) is 5.32 Å². The molecule has 0 bridgehead atoms. The number of alkyl carbamates (subject to hydrolysis) is 1. The number of methoxy groups -OCH3 is 1. The molecule has 0 aliphatic carbocycles. The Labute approximate surface area is 119 Å². The third kappa shape index (κ3) is 10.4. The highest BCUT2D eigenvalue weighted by Gasteiger charge is 2.20. The first-order valence-corrected chi connectivity index (χ1v) is 7.83. The van der Waals surface area contributed by atoms with Gasteiger partial charge in [-0.25, -0.2) is 13.2 Å². The van der Waals surface area contributed by atoms with E-state index in [1.165, 1.54) is 13.2 Å². The Bertz CT molecular complexity index is 475. The Kier molecular flexibility index (Phi) is 6.70. The second-order valence-electron chi connectivity index (χ2n) is 5.19. The molecule has 0 saturated carbocycles. The van der Waals surface area contributed by atoms with Crippen LogP contribution in [0.25, 0.3) is 0 Å². The van der Waals surface area contributed by atoms with Crippen LogP contribution in [-0.4, -0.2) is 45.5 Å². The topological polar surface area (TPSA) is 98.8 Å². The predicted molar refractivity (Wildman–Crippen MR) is 73.8 cm³/mol. The molecule has 1 amide bonds. The van der Waals surface area contributed by atoms with Gasteiger partial charge in [0.2, 0.25) is 0 Å². The molecule has 0 aliphatic heterocycles. The van der Waals surface area contributed by atoms with E-state index in [1.54, 1.807) is 20.8 Å². The Hall–Kier alpha value is -1.57. The zero-order valence-corrected chi connectivity index (χ0v) is 13.1. The van der Waals surface area contributed by atoms with E-state index >= 15 is 0 Å². The summed E-state index contributed by atoms with van der Waals surface area (Å²) in [6, 6.07) is -0.827. The molecule has 7 nitrogen and oxygen atoms in total. The lowest BCUT2D eigenvalue weighted by molar-refractivity contribution is -0.140. The quantitative estimate of drug-likeness (QED) is 0.761. The molecule has 0 rings (SSSR count). The second-order valence-corrected chi connectivity index (χ2v) is 7.12. The molecule has 0 fully saturated rings. The van der Waals surface area contributed by atoms with E-state index in [4.69, 9.17) is 4.74 Å². The molecule has 1 atom stereocenters. The van der Waals surface area contributed by atoms with E-state index in [2.05, 4.69) is 10.1 Å². The minimum atomic E-state index is -3.36. The van der Waals surface area contributed by atoms with Gasteiger partial charge >= 0.3 is 12.1 Å². The molecule has 0 unspecified atom stereocenters. The van der Waals surface area contributed by atoms with Crippen LogP contribution in [-0.2, 0) is 24.1 Å². The van der Waals surface area contributed by atoms with Gasteiger partial charge in [-0.3, -0.25) is 4.79 Å². The van der Waals surface area contributed by atoms with Crippen LogP contribution in [0.3, 0.4) is 0 Å². The van der Waals surface area contributed by atoms with Gasteiger partial charge in [0.25, 0.3) is 0 Å². The standard InChI is InChI=1S/C12H21NO6S/c1-12(2,3)19-11(15)13-9(8-10(14)18-4)6-7-20(5,16)17/h6-7,9H,8H2,1-5H3,(H,13,15)/b7-6+/t9-/m1/s1. The zero-order valence-electron chi connectivity index (χ0n) is 12.3. The van der Waals surface area contributed by atoms with Crippen molar-refractivity contribution in [2.24, 2.45) is 0 Å². The first-order chi connectivity index (χ1) is 8.93. The molecular formula is C12H21NO6S. The van der Waals surface area contributed by atoms with Crippen LogP contribution >= 0.6 is 0 Å². The summed E-state index contributed by atoms with van der Waals surface area (Å²) in [5.74, 6) is -0.579.